The first-order valence-corrected chi connectivity index (χ1v) is 8.73. The number of carbonyl (C=O) groups is 1. The van der Waals surface area contributed by atoms with Gasteiger partial charge in [0.2, 0.25) is 11.8 Å². The molecule has 132 valence electrons. The van der Waals surface area contributed by atoms with Crippen molar-refractivity contribution in [2.75, 3.05) is 13.2 Å². The summed E-state index contributed by atoms with van der Waals surface area (Å²) in [6.07, 6.45) is 1.35. The fourth-order valence-corrected chi connectivity index (χ4v) is 4.10. The number of rotatable bonds is 5. The van der Waals surface area contributed by atoms with Gasteiger partial charge in [-0.05, 0) is 36.0 Å². The number of alkyl halides is 2. The first kappa shape index (κ1) is 16.5. The minimum Gasteiger partial charge on any atom is -0.368 e. The van der Waals surface area contributed by atoms with E-state index in [2.05, 4.69) is 11.4 Å². The average molecular weight is 346 g/mol. The molecule has 0 aromatic heterocycles. The Morgan fingerprint density at radius 2 is 2.16 bits per heavy atom. The molecule has 4 nitrogen and oxygen atoms in total. The van der Waals surface area contributed by atoms with E-state index in [-0.39, 0.29) is 36.5 Å². The van der Waals surface area contributed by atoms with Crippen LogP contribution in [0.5, 0.6) is 0 Å². The van der Waals surface area contributed by atoms with E-state index in [1.807, 2.05) is 12.1 Å². The van der Waals surface area contributed by atoms with Gasteiger partial charge in [0, 0.05) is 25.2 Å². The number of nitrogens with zero attached hydrogens (tertiary/aromatic N) is 1. The first-order valence-electron chi connectivity index (χ1n) is 8.73. The predicted molar refractivity (Wildman–Crippen MR) is 85.7 cm³/mol. The molecule has 3 fully saturated rings. The van der Waals surface area contributed by atoms with Gasteiger partial charge in [-0.3, -0.25) is 4.79 Å². The van der Waals surface area contributed by atoms with Gasteiger partial charge in [0.25, 0.3) is 0 Å². The summed E-state index contributed by atoms with van der Waals surface area (Å²) in [6.45, 7) is 0.973. The summed E-state index contributed by atoms with van der Waals surface area (Å²) in [4.78, 5) is 12.4. The molecular formula is C19H20F2N2O2. The SMILES string of the molecule is N#Cc1cccc([C@]2(CNC(=O)C3CC3C3CC(F)(F)C3)CCO2)c1. The Hall–Kier alpha value is -2.00. The van der Waals surface area contributed by atoms with Crippen molar-refractivity contribution in [3.05, 3.63) is 35.4 Å². The fraction of sp³-hybridized carbons (Fsp3) is 0.579. The first-order chi connectivity index (χ1) is 11.9. The summed E-state index contributed by atoms with van der Waals surface area (Å²) in [5.74, 6) is -2.62. The number of hydrogen-bond acceptors (Lipinski definition) is 3. The summed E-state index contributed by atoms with van der Waals surface area (Å²) < 4.78 is 31.7. The van der Waals surface area contributed by atoms with Gasteiger partial charge in [0.1, 0.15) is 5.60 Å². The second-order valence-corrected chi connectivity index (χ2v) is 7.53. The molecule has 4 rings (SSSR count). The Morgan fingerprint density at radius 3 is 2.76 bits per heavy atom. The van der Waals surface area contributed by atoms with Crippen LogP contribution in [-0.4, -0.2) is 25.0 Å². The molecule has 3 aliphatic rings. The lowest BCUT2D eigenvalue weighted by Gasteiger charge is -2.42. The van der Waals surface area contributed by atoms with E-state index < -0.39 is 11.5 Å². The van der Waals surface area contributed by atoms with E-state index in [0.717, 1.165) is 12.0 Å². The number of ether oxygens (including phenoxy) is 1. The topological polar surface area (TPSA) is 62.1 Å². The van der Waals surface area contributed by atoms with E-state index in [0.29, 0.717) is 25.1 Å². The van der Waals surface area contributed by atoms with E-state index in [1.165, 1.54) is 0 Å². The zero-order valence-electron chi connectivity index (χ0n) is 13.8. The third-order valence-corrected chi connectivity index (χ3v) is 5.85. The zero-order chi connectivity index (χ0) is 17.7. The molecule has 1 aromatic carbocycles. The molecule has 2 saturated carbocycles. The average Bonchev–Trinajstić information content (AvgIpc) is 3.32. The summed E-state index contributed by atoms with van der Waals surface area (Å²) in [5, 5.41) is 12.0. The molecule has 1 N–H and O–H groups in total. The van der Waals surface area contributed by atoms with Crippen LogP contribution < -0.4 is 5.32 Å². The Labute approximate surface area is 145 Å². The Bertz CT molecular complexity index is 731. The summed E-state index contributed by atoms with van der Waals surface area (Å²) >= 11 is 0. The van der Waals surface area contributed by atoms with Crippen molar-refractivity contribution >= 4 is 5.91 Å². The monoisotopic (exact) mass is 346 g/mol. The number of halogens is 2. The fourth-order valence-electron chi connectivity index (χ4n) is 4.10. The quantitative estimate of drug-likeness (QED) is 0.892. The van der Waals surface area contributed by atoms with Crippen molar-refractivity contribution in [1.82, 2.24) is 5.32 Å². The van der Waals surface area contributed by atoms with Crippen LogP contribution in [-0.2, 0) is 15.1 Å². The maximum atomic E-state index is 13.0. The molecule has 1 saturated heterocycles. The van der Waals surface area contributed by atoms with E-state index in [1.54, 1.807) is 12.1 Å². The highest BCUT2D eigenvalue weighted by atomic mass is 19.3. The second kappa shape index (κ2) is 5.77. The third kappa shape index (κ3) is 3.02. The predicted octanol–water partition coefficient (Wildman–Crippen LogP) is 2.97. The van der Waals surface area contributed by atoms with Crippen LogP contribution in [0, 0.1) is 29.1 Å². The van der Waals surface area contributed by atoms with Crippen LogP contribution in [0.25, 0.3) is 0 Å². The number of hydrogen-bond donors (Lipinski definition) is 1. The van der Waals surface area contributed by atoms with Crippen LogP contribution >= 0.6 is 0 Å². The molecule has 3 atom stereocenters. The minimum absolute atomic E-state index is 0.00743. The molecule has 6 heteroatoms. The highest BCUT2D eigenvalue weighted by Crippen LogP contribution is 2.56. The molecule has 0 radical (unpaired) electrons. The van der Waals surface area contributed by atoms with Gasteiger partial charge in [-0.1, -0.05) is 12.1 Å². The van der Waals surface area contributed by atoms with Crippen LogP contribution in [0.3, 0.4) is 0 Å². The Morgan fingerprint density at radius 1 is 1.40 bits per heavy atom. The van der Waals surface area contributed by atoms with Crippen LogP contribution in [0.15, 0.2) is 24.3 Å². The van der Waals surface area contributed by atoms with Gasteiger partial charge < -0.3 is 10.1 Å². The molecule has 1 heterocycles. The lowest BCUT2D eigenvalue weighted by atomic mass is 9.77. The zero-order valence-corrected chi connectivity index (χ0v) is 13.8. The number of nitrogens with one attached hydrogen (secondary N) is 1. The van der Waals surface area contributed by atoms with Gasteiger partial charge >= 0.3 is 0 Å². The van der Waals surface area contributed by atoms with Gasteiger partial charge in [0.15, 0.2) is 0 Å². The molecule has 2 unspecified atom stereocenters. The van der Waals surface area contributed by atoms with Crippen molar-refractivity contribution in [3.63, 3.8) is 0 Å². The normalized spacial score (nSPS) is 32.8. The molecule has 1 aliphatic heterocycles. The lowest BCUT2D eigenvalue weighted by Crippen LogP contribution is -2.50. The number of amides is 1. The van der Waals surface area contributed by atoms with Crippen molar-refractivity contribution in [2.45, 2.75) is 37.2 Å². The van der Waals surface area contributed by atoms with Gasteiger partial charge in [-0.2, -0.15) is 5.26 Å². The highest BCUT2D eigenvalue weighted by molar-refractivity contribution is 5.81. The van der Waals surface area contributed by atoms with Crippen LogP contribution in [0.1, 0.15) is 36.8 Å². The lowest BCUT2D eigenvalue weighted by molar-refractivity contribution is -0.156. The highest BCUT2D eigenvalue weighted by Gasteiger charge is 2.57. The molecule has 0 spiro atoms. The van der Waals surface area contributed by atoms with Crippen molar-refractivity contribution in [3.8, 4) is 6.07 Å². The largest absolute Gasteiger partial charge is 0.368 e. The molecule has 25 heavy (non-hydrogen) atoms. The summed E-state index contributed by atoms with van der Waals surface area (Å²) in [5.41, 5.74) is 0.882. The van der Waals surface area contributed by atoms with Gasteiger partial charge in [-0.15, -0.1) is 0 Å². The summed E-state index contributed by atoms with van der Waals surface area (Å²) in [7, 11) is 0. The van der Waals surface area contributed by atoms with Crippen LogP contribution in [0.2, 0.25) is 0 Å². The molecule has 2 aliphatic carbocycles. The van der Waals surface area contributed by atoms with Gasteiger partial charge in [-0.25, -0.2) is 8.78 Å². The maximum Gasteiger partial charge on any atom is 0.248 e. The smallest absolute Gasteiger partial charge is 0.248 e. The Kier molecular flexibility index (Phi) is 3.80. The molecular weight excluding hydrogens is 326 g/mol. The third-order valence-electron chi connectivity index (χ3n) is 5.85. The standard InChI is InChI=1S/C19H20F2N2O2/c20-19(21)8-13(9-19)15-7-16(15)17(24)23-11-18(4-5-25-18)14-3-1-2-12(6-14)10-22/h1-3,6,13,15-16H,4-5,7-9,11H2,(H,23,24)/t15?,16?,18-/m1/s1. The Balaban J connectivity index is 1.34. The van der Waals surface area contributed by atoms with Crippen molar-refractivity contribution in [2.24, 2.45) is 17.8 Å². The number of benzene rings is 1. The van der Waals surface area contributed by atoms with E-state index >= 15 is 0 Å². The molecule has 0 bridgehead atoms. The van der Waals surface area contributed by atoms with Crippen molar-refractivity contribution in [1.29, 1.82) is 5.26 Å². The number of carbonyl (C=O) groups excluding carboxylic acids is 1. The summed E-state index contributed by atoms with van der Waals surface area (Å²) in [6, 6.07) is 9.36. The molecule has 1 aromatic rings. The van der Waals surface area contributed by atoms with Crippen molar-refractivity contribution < 1.29 is 18.3 Å². The van der Waals surface area contributed by atoms with E-state index in [9.17, 15) is 13.6 Å². The van der Waals surface area contributed by atoms with E-state index in [4.69, 9.17) is 10.00 Å². The maximum absolute atomic E-state index is 13.0. The van der Waals surface area contributed by atoms with Crippen LogP contribution in [0.4, 0.5) is 8.78 Å². The number of nitriles is 1. The van der Waals surface area contributed by atoms with Gasteiger partial charge in [0.05, 0.1) is 24.8 Å². The minimum atomic E-state index is -2.52. The molecule has 1 amide bonds. The second-order valence-electron chi connectivity index (χ2n) is 7.53.